The lowest BCUT2D eigenvalue weighted by molar-refractivity contribution is 0.436. The molecule has 0 amide bonds. The highest BCUT2D eigenvalue weighted by Gasteiger charge is 2.50. The molecule has 33 heavy (non-hydrogen) atoms. The summed E-state index contributed by atoms with van der Waals surface area (Å²) in [4.78, 5) is 0. The van der Waals surface area contributed by atoms with Crippen molar-refractivity contribution in [1.29, 1.82) is 0 Å². The van der Waals surface area contributed by atoms with E-state index in [0.717, 1.165) is 33.2 Å². The van der Waals surface area contributed by atoms with Crippen molar-refractivity contribution >= 4 is 11.6 Å². The van der Waals surface area contributed by atoms with E-state index in [1.165, 1.54) is 27.8 Å². The summed E-state index contributed by atoms with van der Waals surface area (Å²) in [5.74, 6) is 1.77. The van der Waals surface area contributed by atoms with Gasteiger partial charge in [-0.15, -0.1) is 0 Å². The molecule has 1 spiro atoms. The van der Waals surface area contributed by atoms with Gasteiger partial charge in [0.15, 0.2) is 0 Å². The summed E-state index contributed by atoms with van der Waals surface area (Å²) in [6.45, 7) is 0. The zero-order valence-corrected chi connectivity index (χ0v) is 18.5. The Bertz CT molecular complexity index is 1520. The monoisotopic (exact) mass is 442 g/mol. The molecule has 0 N–H and O–H groups in total. The first kappa shape index (κ1) is 18.7. The molecule has 5 aromatic rings. The molecular formula is C31H19ClO. The Balaban J connectivity index is 1.59. The Labute approximate surface area is 197 Å². The van der Waals surface area contributed by atoms with Crippen LogP contribution < -0.4 is 4.74 Å². The number of fused-ring (bicyclic) bond motifs is 9. The molecule has 1 aliphatic heterocycles. The minimum absolute atomic E-state index is 0.420. The van der Waals surface area contributed by atoms with Crippen molar-refractivity contribution in [2.75, 3.05) is 0 Å². The maximum Gasteiger partial charge on any atom is 0.132 e. The molecule has 0 bridgehead atoms. The van der Waals surface area contributed by atoms with Gasteiger partial charge in [-0.3, -0.25) is 0 Å². The fourth-order valence-corrected chi connectivity index (χ4v) is 5.97. The Morgan fingerprint density at radius 1 is 0.485 bits per heavy atom. The van der Waals surface area contributed by atoms with Gasteiger partial charge in [-0.2, -0.15) is 0 Å². The lowest BCUT2D eigenvalue weighted by Gasteiger charge is -2.39. The minimum Gasteiger partial charge on any atom is -0.457 e. The second-order valence-electron chi connectivity index (χ2n) is 8.63. The molecule has 0 saturated heterocycles. The third-order valence-corrected chi connectivity index (χ3v) is 7.36. The second-order valence-corrected chi connectivity index (χ2v) is 9.04. The van der Waals surface area contributed by atoms with E-state index in [4.69, 9.17) is 16.3 Å². The molecule has 0 fully saturated rings. The molecule has 156 valence electrons. The first-order valence-electron chi connectivity index (χ1n) is 11.1. The highest BCUT2D eigenvalue weighted by molar-refractivity contribution is 6.33. The summed E-state index contributed by atoms with van der Waals surface area (Å²) in [6, 6.07) is 40.5. The number of halogens is 1. The first-order chi connectivity index (χ1) is 16.3. The number of rotatable bonds is 1. The van der Waals surface area contributed by atoms with E-state index in [1.54, 1.807) is 0 Å². The lowest BCUT2D eigenvalue weighted by Crippen LogP contribution is -2.32. The summed E-state index contributed by atoms with van der Waals surface area (Å²) in [7, 11) is 0. The quantitative estimate of drug-likeness (QED) is 0.247. The van der Waals surface area contributed by atoms with Gasteiger partial charge in [-0.25, -0.2) is 0 Å². The largest absolute Gasteiger partial charge is 0.457 e. The van der Waals surface area contributed by atoms with Crippen LogP contribution in [-0.4, -0.2) is 0 Å². The van der Waals surface area contributed by atoms with Gasteiger partial charge in [0, 0.05) is 21.7 Å². The van der Waals surface area contributed by atoms with Crippen LogP contribution in [-0.2, 0) is 5.41 Å². The number of hydrogen-bond acceptors (Lipinski definition) is 1. The van der Waals surface area contributed by atoms with Crippen molar-refractivity contribution in [3.63, 3.8) is 0 Å². The summed E-state index contributed by atoms with van der Waals surface area (Å²) < 4.78 is 6.55. The molecule has 5 aromatic carbocycles. The molecule has 0 unspecified atom stereocenters. The van der Waals surface area contributed by atoms with E-state index < -0.39 is 5.41 Å². The SMILES string of the molecule is Clc1ccccc1-c1ccc2c(c1)Oc1ccccc1C21c2ccccc2-c2ccccc21. The molecule has 1 aliphatic carbocycles. The van der Waals surface area contributed by atoms with Crippen molar-refractivity contribution < 1.29 is 4.74 Å². The highest BCUT2D eigenvalue weighted by atomic mass is 35.5. The Morgan fingerprint density at radius 3 is 1.73 bits per heavy atom. The summed E-state index contributed by atoms with van der Waals surface area (Å²) in [5.41, 5.74) is 9.14. The predicted molar refractivity (Wildman–Crippen MR) is 134 cm³/mol. The van der Waals surface area contributed by atoms with Gasteiger partial charge < -0.3 is 4.74 Å². The third kappa shape index (κ3) is 2.43. The average molecular weight is 443 g/mol. The van der Waals surface area contributed by atoms with Crippen molar-refractivity contribution in [3.05, 3.63) is 143 Å². The number of hydrogen-bond donors (Lipinski definition) is 0. The predicted octanol–water partition coefficient (Wildman–Crippen LogP) is 8.48. The van der Waals surface area contributed by atoms with Gasteiger partial charge in [-0.05, 0) is 46.0 Å². The summed E-state index contributed by atoms with van der Waals surface area (Å²) in [5, 5.41) is 0.736. The maximum atomic E-state index is 6.55. The maximum absolute atomic E-state index is 6.55. The van der Waals surface area contributed by atoms with Crippen LogP contribution in [0.1, 0.15) is 22.3 Å². The Morgan fingerprint density at radius 2 is 1.03 bits per heavy atom. The van der Waals surface area contributed by atoms with E-state index in [0.29, 0.717) is 0 Å². The fraction of sp³-hybridized carbons (Fsp3) is 0.0323. The third-order valence-electron chi connectivity index (χ3n) is 7.03. The van der Waals surface area contributed by atoms with Crippen LogP contribution in [0, 0.1) is 0 Å². The second kappa shape index (κ2) is 6.84. The van der Waals surface area contributed by atoms with E-state index in [2.05, 4.69) is 91.0 Å². The van der Waals surface area contributed by atoms with E-state index in [9.17, 15) is 0 Å². The topological polar surface area (TPSA) is 9.23 Å². The molecule has 1 heterocycles. The number of para-hydroxylation sites is 1. The summed E-state index contributed by atoms with van der Waals surface area (Å²) >= 11 is 6.54. The molecule has 0 atom stereocenters. The molecule has 7 rings (SSSR count). The van der Waals surface area contributed by atoms with Crippen molar-refractivity contribution in [3.8, 4) is 33.8 Å². The van der Waals surface area contributed by atoms with Crippen LogP contribution in [0.3, 0.4) is 0 Å². The first-order valence-corrected chi connectivity index (χ1v) is 11.5. The fourth-order valence-electron chi connectivity index (χ4n) is 5.72. The Hall–Kier alpha value is -3.81. The number of ether oxygens (including phenoxy) is 1. The zero-order chi connectivity index (χ0) is 22.0. The standard InChI is InChI=1S/C31H19ClO/c32-28-15-7-3-9-21(28)20-17-18-27-30(19-20)33-29-16-8-6-14-26(29)31(27)24-12-4-1-10-22(24)23-11-2-5-13-25(23)31/h1-19H. The van der Waals surface area contributed by atoms with Crippen molar-refractivity contribution in [2.45, 2.75) is 5.41 Å². The van der Waals surface area contributed by atoms with Crippen LogP contribution in [0.25, 0.3) is 22.3 Å². The molecule has 0 saturated carbocycles. The lowest BCUT2D eigenvalue weighted by atomic mass is 9.66. The van der Waals surface area contributed by atoms with Crippen LogP contribution in [0.2, 0.25) is 5.02 Å². The van der Waals surface area contributed by atoms with Crippen LogP contribution in [0.15, 0.2) is 115 Å². The normalized spacial score (nSPS) is 14.1. The molecule has 2 heteroatoms. The Kier molecular flexibility index (Phi) is 3.88. The number of benzene rings is 5. The van der Waals surface area contributed by atoms with Gasteiger partial charge in [0.1, 0.15) is 11.5 Å². The molecule has 1 nitrogen and oxygen atoms in total. The summed E-state index contributed by atoms with van der Waals surface area (Å²) in [6.07, 6.45) is 0. The van der Waals surface area contributed by atoms with E-state index in [1.807, 2.05) is 24.3 Å². The van der Waals surface area contributed by atoms with Gasteiger partial charge in [0.25, 0.3) is 0 Å². The highest BCUT2D eigenvalue weighted by Crippen LogP contribution is 2.62. The minimum atomic E-state index is -0.420. The average Bonchev–Trinajstić information content (AvgIpc) is 3.16. The molecule has 0 radical (unpaired) electrons. The molecule has 0 aromatic heterocycles. The van der Waals surface area contributed by atoms with Gasteiger partial charge >= 0.3 is 0 Å². The smallest absolute Gasteiger partial charge is 0.132 e. The van der Waals surface area contributed by atoms with Gasteiger partial charge in [0.05, 0.1) is 5.41 Å². The van der Waals surface area contributed by atoms with Crippen molar-refractivity contribution in [1.82, 2.24) is 0 Å². The van der Waals surface area contributed by atoms with Crippen LogP contribution in [0.4, 0.5) is 0 Å². The van der Waals surface area contributed by atoms with Crippen LogP contribution in [0.5, 0.6) is 11.5 Å². The zero-order valence-electron chi connectivity index (χ0n) is 17.8. The molecule has 2 aliphatic rings. The van der Waals surface area contributed by atoms with E-state index in [-0.39, 0.29) is 0 Å². The van der Waals surface area contributed by atoms with Crippen LogP contribution >= 0.6 is 11.6 Å². The molecular weight excluding hydrogens is 424 g/mol. The van der Waals surface area contributed by atoms with Gasteiger partial charge in [0.2, 0.25) is 0 Å². The van der Waals surface area contributed by atoms with Crippen molar-refractivity contribution in [2.24, 2.45) is 0 Å². The van der Waals surface area contributed by atoms with Gasteiger partial charge in [-0.1, -0.05) is 109 Å². The van der Waals surface area contributed by atoms with E-state index >= 15 is 0 Å².